The molecule has 66 valence electrons. The van der Waals surface area contributed by atoms with Gasteiger partial charge in [0.2, 0.25) is 0 Å². The fraction of sp³-hybridized carbons (Fsp3) is 0.111. The van der Waals surface area contributed by atoms with Crippen molar-refractivity contribution in [2.75, 3.05) is 0 Å². The number of rotatable bonds is 0. The second-order valence-corrected chi connectivity index (χ2v) is 3.20. The van der Waals surface area contributed by atoms with Gasteiger partial charge in [-0.3, -0.25) is 9.20 Å². The van der Waals surface area contributed by atoms with E-state index in [9.17, 15) is 4.79 Å². The van der Waals surface area contributed by atoms with Crippen LogP contribution in [0.4, 0.5) is 0 Å². The molecule has 0 aromatic carbocycles. The van der Waals surface area contributed by atoms with E-state index in [-0.39, 0.29) is 10.6 Å². The van der Waals surface area contributed by atoms with Crippen molar-refractivity contribution in [3.05, 3.63) is 45.5 Å². The normalized spacial score (nSPS) is 10.6. The summed E-state index contributed by atoms with van der Waals surface area (Å²) < 4.78 is 1.44. The summed E-state index contributed by atoms with van der Waals surface area (Å²) in [6.45, 7) is 1.90. The Kier molecular flexibility index (Phi) is 1.81. The molecule has 0 amide bonds. The van der Waals surface area contributed by atoms with E-state index < -0.39 is 0 Å². The van der Waals surface area contributed by atoms with Crippen molar-refractivity contribution in [1.82, 2.24) is 9.38 Å². The Morgan fingerprint density at radius 2 is 2.31 bits per heavy atom. The maximum Gasteiger partial charge on any atom is 0.276 e. The lowest BCUT2D eigenvalue weighted by atomic mass is 10.3. The minimum absolute atomic E-state index is 0.142. The smallest absolute Gasteiger partial charge is 0.267 e. The average molecular weight is 195 g/mol. The first-order chi connectivity index (χ1) is 6.20. The van der Waals surface area contributed by atoms with E-state index in [0.717, 1.165) is 5.56 Å². The molecule has 0 atom stereocenters. The lowest BCUT2D eigenvalue weighted by molar-refractivity contribution is 1.03. The molecule has 0 N–H and O–H groups in total. The monoisotopic (exact) mass is 194 g/mol. The molecule has 0 bridgehead atoms. The van der Waals surface area contributed by atoms with Gasteiger partial charge in [0, 0.05) is 6.20 Å². The largest absolute Gasteiger partial charge is 0.276 e. The van der Waals surface area contributed by atoms with Crippen molar-refractivity contribution in [1.29, 1.82) is 0 Å². The number of halogens is 1. The van der Waals surface area contributed by atoms with E-state index in [4.69, 9.17) is 11.6 Å². The number of hydrogen-bond acceptors (Lipinski definition) is 2. The Labute approximate surface area is 79.6 Å². The number of hydrogen-bond donors (Lipinski definition) is 0. The summed E-state index contributed by atoms with van der Waals surface area (Å²) in [7, 11) is 0. The highest BCUT2D eigenvalue weighted by Gasteiger charge is 2.02. The maximum absolute atomic E-state index is 11.5. The molecule has 0 aliphatic rings. The van der Waals surface area contributed by atoms with Crippen molar-refractivity contribution in [3.63, 3.8) is 0 Å². The van der Waals surface area contributed by atoms with Gasteiger partial charge in [-0.25, -0.2) is 4.98 Å². The molecule has 0 aliphatic carbocycles. The molecule has 0 saturated carbocycles. The zero-order chi connectivity index (χ0) is 9.42. The van der Waals surface area contributed by atoms with E-state index in [0.29, 0.717) is 5.65 Å². The second kappa shape index (κ2) is 2.85. The van der Waals surface area contributed by atoms with E-state index >= 15 is 0 Å². The molecule has 0 saturated heterocycles. The van der Waals surface area contributed by atoms with Gasteiger partial charge in [0.1, 0.15) is 10.7 Å². The summed E-state index contributed by atoms with van der Waals surface area (Å²) >= 11 is 5.64. The number of aryl methyl sites for hydroxylation is 1. The fourth-order valence-corrected chi connectivity index (χ4v) is 1.36. The van der Waals surface area contributed by atoms with Crippen LogP contribution >= 0.6 is 11.6 Å². The molecular formula is C9H7ClN2O. The summed E-state index contributed by atoms with van der Waals surface area (Å²) in [5.41, 5.74) is 1.38. The van der Waals surface area contributed by atoms with Crippen LogP contribution in [0.15, 0.2) is 29.3 Å². The molecule has 4 heteroatoms. The van der Waals surface area contributed by atoms with E-state index in [1.165, 1.54) is 10.6 Å². The topological polar surface area (TPSA) is 34.4 Å². The van der Waals surface area contributed by atoms with Crippen molar-refractivity contribution in [2.24, 2.45) is 0 Å². The molecular weight excluding hydrogens is 188 g/mol. The van der Waals surface area contributed by atoms with Gasteiger partial charge in [-0.15, -0.1) is 0 Å². The van der Waals surface area contributed by atoms with Crippen LogP contribution in [0.1, 0.15) is 5.56 Å². The van der Waals surface area contributed by atoms with Gasteiger partial charge in [0.25, 0.3) is 5.56 Å². The van der Waals surface area contributed by atoms with Gasteiger partial charge in [-0.05, 0) is 18.6 Å². The zero-order valence-electron chi connectivity index (χ0n) is 6.99. The van der Waals surface area contributed by atoms with Gasteiger partial charge < -0.3 is 0 Å². The molecule has 2 aromatic rings. The van der Waals surface area contributed by atoms with E-state index in [1.807, 2.05) is 13.0 Å². The fourth-order valence-electron chi connectivity index (χ4n) is 1.22. The highest BCUT2D eigenvalue weighted by molar-refractivity contribution is 6.30. The third-order valence-electron chi connectivity index (χ3n) is 1.89. The molecule has 0 fully saturated rings. The lowest BCUT2D eigenvalue weighted by Crippen LogP contribution is -2.15. The van der Waals surface area contributed by atoms with Gasteiger partial charge in [0.15, 0.2) is 0 Å². The van der Waals surface area contributed by atoms with Gasteiger partial charge in [-0.2, -0.15) is 0 Å². The Morgan fingerprint density at radius 3 is 3.08 bits per heavy atom. The first kappa shape index (κ1) is 8.26. The van der Waals surface area contributed by atoms with Crippen LogP contribution in [-0.2, 0) is 0 Å². The van der Waals surface area contributed by atoms with Crippen LogP contribution in [0.5, 0.6) is 0 Å². The van der Waals surface area contributed by atoms with Crippen LogP contribution in [-0.4, -0.2) is 9.38 Å². The number of aromatic nitrogens is 2. The summed E-state index contributed by atoms with van der Waals surface area (Å²) in [6, 6.07) is 3.69. The Hall–Kier alpha value is -1.35. The van der Waals surface area contributed by atoms with Crippen LogP contribution in [0.25, 0.3) is 5.65 Å². The highest BCUT2D eigenvalue weighted by atomic mass is 35.5. The second-order valence-electron chi connectivity index (χ2n) is 2.80. The maximum atomic E-state index is 11.5. The standard InChI is InChI=1S/C9H7ClN2O/c1-6-3-2-4-12-8(6)11-5-7(10)9(12)13/h2-5H,1H3. The molecule has 2 rings (SSSR count). The van der Waals surface area contributed by atoms with Crippen molar-refractivity contribution >= 4 is 17.2 Å². The third kappa shape index (κ3) is 1.21. The Morgan fingerprint density at radius 1 is 1.54 bits per heavy atom. The molecule has 0 radical (unpaired) electrons. The third-order valence-corrected chi connectivity index (χ3v) is 2.14. The minimum Gasteiger partial charge on any atom is -0.267 e. The predicted octanol–water partition coefficient (Wildman–Crippen LogP) is 1.66. The Balaban J connectivity index is 3.03. The summed E-state index contributed by atoms with van der Waals surface area (Å²) in [5, 5.41) is 0.142. The first-order valence-corrected chi connectivity index (χ1v) is 4.20. The van der Waals surface area contributed by atoms with Crippen LogP contribution in [0.2, 0.25) is 5.02 Å². The molecule has 2 aromatic heterocycles. The highest BCUT2D eigenvalue weighted by Crippen LogP contribution is 2.06. The molecule has 0 aliphatic heterocycles. The minimum atomic E-state index is -0.227. The molecule has 3 nitrogen and oxygen atoms in total. The summed E-state index contributed by atoms with van der Waals surface area (Å²) in [4.78, 5) is 15.5. The zero-order valence-corrected chi connectivity index (χ0v) is 7.75. The van der Waals surface area contributed by atoms with Crippen LogP contribution in [0, 0.1) is 6.92 Å². The molecule has 2 heterocycles. The summed E-state index contributed by atoms with van der Waals surface area (Å²) in [5.74, 6) is 0. The first-order valence-electron chi connectivity index (χ1n) is 3.82. The Bertz CT molecular complexity index is 518. The van der Waals surface area contributed by atoms with Gasteiger partial charge in [-0.1, -0.05) is 17.7 Å². The number of fused-ring (bicyclic) bond motifs is 1. The van der Waals surface area contributed by atoms with E-state index in [1.54, 1.807) is 12.3 Å². The van der Waals surface area contributed by atoms with E-state index in [2.05, 4.69) is 4.98 Å². The number of nitrogens with zero attached hydrogens (tertiary/aromatic N) is 2. The van der Waals surface area contributed by atoms with Crippen molar-refractivity contribution in [3.8, 4) is 0 Å². The average Bonchev–Trinajstić information content (AvgIpc) is 2.12. The molecule has 0 spiro atoms. The van der Waals surface area contributed by atoms with Crippen LogP contribution in [0.3, 0.4) is 0 Å². The number of pyridine rings is 1. The molecule has 0 unspecified atom stereocenters. The van der Waals surface area contributed by atoms with Gasteiger partial charge in [0.05, 0.1) is 6.20 Å². The lowest BCUT2D eigenvalue weighted by Gasteiger charge is -2.01. The van der Waals surface area contributed by atoms with Crippen molar-refractivity contribution in [2.45, 2.75) is 6.92 Å². The summed E-state index contributed by atoms with van der Waals surface area (Å²) in [6.07, 6.45) is 3.04. The SMILES string of the molecule is Cc1cccn2c(=O)c(Cl)cnc12. The molecule has 13 heavy (non-hydrogen) atoms. The predicted molar refractivity (Wildman–Crippen MR) is 51.2 cm³/mol. The quantitative estimate of drug-likeness (QED) is 0.639. The van der Waals surface area contributed by atoms with Crippen LogP contribution < -0.4 is 5.56 Å². The van der Waals surface area contributed by atoms with Crippen molar-refractivity contribution < 1.29 is 0 Å². The van der Waals surface area contributed by atoms with Gasteiger partial charge >= 0.3 is 0 Å².